The minimum atomic E-state index is -4.24. The Morgan fingerprint density at radius 2 is 1.64 bits per heavy atom. The molecule has 2 rings (SSSR count). The molecule has 0 saturated carbocycles. The van der Waals surface area contributed by atoms with E-state index in [1.54, 1.807) is 42.5 Å². The zero-order valence-corrected chi connectivity index (χ0v) is 12.9. The fraction of sp³-hybridized carbons (Fsp3) is 0.188. The molecule has 0 aliphatic heterocycles. The number of sulfone groups is 1. The fourth-order valence-corrected chi connectivity index (χ4v) is 3.61. The van der Waals surface area contributed by atoms with E-state index in [-0.39, 0.29) is 11.3 Å². The van der Waals surface area contributed by atoms with Crippen molar-refractivity contribution < 1.29 is 18.3 Å². The van der Waals surface area contributed by atoms with E-state index in [0.29, 0.717) is 5.56 Å². The molecule has 0 aliphatic rings. The standard InChI is InChI=1S/C16H17NO4S/c1-12-7-9-14(10-8-12)22(20,21)16(17,15(18)19)11-13-5-3-2-4-6-13/h2-10H,11,17H2,1H3,(H,18,19)/t16-/m0/s1. The quantitative estimate of drug-likeness (QED) is 0.875. The van der Waals surface area contributed by atoms with Crippen LogP contribution in [0.5, 0.6) is 0 Å². The number of hydrogen-bond acceptors (Lipinski definition) is 4. The summed E-state index contributed by atoms with van der Waals surface area (Å²) in [7, 11) is -4.24. The number of hydrogen-bond donors (Lipinski definition) is 2. The van der Waals surface area contributed by atoms with Gasteiger partial charge in [-0.2, -0.15) is 0 Å². The molecule has 0 aromatic heterocycles. The van der Waals surface area contributed by atoms with Crippen LogP contribution in [0, 0.1) is 6.92 Å². The van der Waals surface area contributed by atoms with Gasteiger partial charge in [0.1, 0.15) is 0 Å². The van der Waals surface area contributed by atoms with Gasteiger partial charge >= 0.3 is 5.97 Å². The van der Waals surface area contributed by atoms with Crippen molar-refractivity contribution >= 4 is 15.8 Å². The third kappa shape index (κ3) is 2.88. The lowest BCUT2D eigenvalue weighted by Crippen LogP contribution is -2.56. The van der Waals surface area contributed by atoms with Crippen molar-refractivity contribution in [3.63, 3.8) is 0 Å². The van der Waals surface area contributed by atoms with E-state index in [0.717, 1.165) is 5.56 Å². The lowest BCUT2D eigenvalue weighted by Gasteiger charge is -2.25. The predicted molar refractivity (Wildman–Crippen MR) is 83.1 cm³/mol. The molecule has 0 unspecified atom stereocenters. The lowest BCUT2D eigenvalue weighted by atomic mass is 10.1. The average molecular weight is 319 g/mol. The molecule has 2 aromatic rings. The maximum Gasteiger partial charge on any atom is 0.340 e. The van der Waals surface area contributed by atoms with Crippen LogP contribution >= 0.6 is 0 Å². The van der Waals surface area contributed by atoms with Gasteiger partial charge in [-0.3, -0.25) is 0 Å². The number of carboxylic acids is 1. The Bertz CT molecular complexity index is 770. The minimum absolute atomic E-state index is 0.0982. The molecule has 0 spiro atoms. The van der Waals surface area contributed by atoms with E-state index in [4.69, 9.17) is 5.73 Å². The van der Waals surface area contributed by atoms with E-state index >= 15 is 0 Å². The third-order valence-corrected chi connectivity index (χ3v) is 5.65. The molecule has 0 aliphatic carbocycles. The van der Waals surface area contributed by atoms with Crippen LogP contribution in [0.2, 0.25) is 0 Å². The first-order chi connectivity index (χ1) is 10.3. The second-order valence-electron chi connectivity index (χ2n) is 5.17. The topological polar surface area (TPSA) is 97.5 Å². The van der Waals surface area contributed by atoms with Gasteiger partial charge in [0.05, 0.1) is 4.90 Å². The van der Waals surface area contributed by atoms with Gasteiger partial charge in [-0.15, -0.1) is 0 Å². The number of nitrogens with two attached hydrogens (primary N) is 1. The largest absolute Gasteiger partial charge is 0.479 e. The van der Waals surface area contributed by atoms with Crippen molar-refractivity contribution in [2.45, 2.75) is 23.1 Å². The molecular formula is C16H17NO4S. The Morgan fingerprint density at radius 3 is 2.14 bits per heavy atom. The summed E-state index contributed by atoms with van der Waals surface area (Å²) >= 11 is 0. The van der Waals surface area contributed by atoms with E-state index < -0.39 is 20.7 Å². The van der Waals surface area contributed by atoms with Crippen LogP contribution in [0.15, 0.2) is 59.5 Å². The van der Waals surface area contributed by atoms with E-state index in [9.17, 15) is 18.3 Å². The number of carboxylic acid groups (broad SMARTS) is 1. The van der Waals surface area contributed by atoms with Gasteiger partial charge < -0.3 is 10.8 Å². The first-order valence-electron chi connectivity index (χ1n) is 6.65. The Hall–Kier alpha value is -2.18. The Labute approximate surface area is 129 Å². The fourth-order valence-electron chi connectivity index (χ4n) is 2.11. The average Bonchev–Trinajstić information content (AvgIpc) is 2.48. The van der Waals surface area contributed by atoms with Gasteiger partial charge in [-0.25, -0.2) is 13.2 Å². The monoisotopic (exact) mass is 319 g/mol. The van der Waals surface area contributed by atoms with Crippen molar-refractivity contribution in [2.24, 2.45) is 5.73 Å². The molecule has 0 bridgehead atoms. The van der Waals surface area contributed by atoms with Crippen molar-refractivity contribution in [2.75, 3.05) is 0 Å². The van der Waals surface area contributed by atoms with Crippen molar-refractivity contribution in [3.8, 4) is 0 Å². The molecule has 3 N–H and O–H groups in total. The number of carbonyl (C=O) groups is 1. The van der Waals surface area contributed by atoms with Gasteiger partial charge in [0, 0.05) is 6.42 Å². The highest BCUT2D eigenvalue weighted by Crippen LogP contribution is 2.26. The van der Waals surface area contributed by atoms with Crippen molar-refractivity contribution in [3.05, 3.63) is 65.7 Å². The first kappa shape index (κ1) is 16.2. The molecule has 6 heteroatoms. The normalized spacial score (nSPS) is 14.3. The summed E-state index contributed by atoms with van der Waals surface area (Å²) in [5.41, 5.74) is 7.25. The van der Waals surface area contributed by atoms with Crippen LogP contribution in [0.3, 0.4) is 0 Å². The molecule has 116 valence electrons. The summed E-state index contributed by atoms with van der Waals surface area (Å²) in [6, 6.07) is 14.4. The number of rotatable bonds is 5. The summed E-state index contributed by atoms with van der Waals surface area (Å²) in [5, 5.41) is 9.44. The van der Waals surface area contributed by atoms with Crippen LogP contribution in [-0.2, 0) is 21.1 Å². The minimum Gasteiger partial charge on any atom is -0.479 e. The highest BCUT2D eigenvalue weighted by atomic mass is 32.2. The number of aliphatic carboxylic acids is 1. The molecule has 0 fully saturated rings. The summed E-state index contributed by atoms with van der Waals surface area (Å²) in [6.07, 6.45) is -0.306. The SMILES string of the molecule is Cc1ccc(S(=O)(=O)[C@@](N)(Cc2ccccc2)C(=O)O)cc1. The van der Waals surface area contributed by atoms with E-state index in [1.165, 1.54) is 12.1 Å². The third-order valence-electron chi connectivity index (χ3n) is 3.48. The Kier molecular flexibility index (Phi) is 4.35. The molecule has 0 heterocycles. The van der Waals surface area contributed by atoms with Crippen LogP contribution in [0.1, 0.15) is 11.1 Å². The van der Waals surface area contributed by atoms with Crippen molar-refractivity contribution in [1.29, 1.82) is 0 Å². The van der Waals surface area contributed by atoms with Crippen LogP contribution in [0.25, 0.3) is 0 Å². The summed E-state index contributed by atoms with van der Waals surface area (Å²) < 4.78 is 25.4. The van der Waals surface area contributed by atoms with Crippen LogP contribution in [0.4, 0.5) is 0 Å². The molecule has 0 radical (unpaired) electrons. The molecule has 0 amide bonds. The maximum absolute atomic E-state index is 12.7. The molecule has 1 atom stereocenters. The summed E-state index contributed by atoms with van der Waals surface area (Å²) in [5.74, 6) is -1.57. The highest BCUT2D eigenvalue weighted by molar-refractivity contribution is 7.93. The first-order valence-corrected chi connectivity index (χ1v) is 8.13. The van der Waals surface area contributed by atoms with Crippen molar-refractivity contribution in [1.82, 2.24) is 0 Å². The smallest absolute Gasteiger partial charge is 0.340 e. The molecule has 5 nitrogen and oxygen atoms in total. The second kappa shape index (κ2) is 5.90. The van der Waals surface area contributed by atoms with Gasteiger partial charge in [0.2, 0.25) is 14.7 Å². The van der Waals surface area contributed by atoms with Gasteiger partial charge in [-0.05, 0) is 24.6 Å². The zero-order chi connectivity index (χ0) is 16.4. The molecule has 22 heavy (non-hydrogen) atoms. The molecular weight excluding hydrogens is 302 g/mol. The lowest BCUT2D eigenvalue weighted by molar-refractivity contribution is -0.140. The second-order valence-corrected chi connectivity index (χ2v) is 7.38. The van der Waals surface area contributed by atoms with Gasteiger partial charge in [0.25, 0.3) is 0 Å². The van der Waals surface area contributed by atoms with Gasteiger partial charge in [-0.1, -0.05) is 48.0 Å². The highest BCUT2D eigenvalue weighted by Gasteiger charge is 2.48. The predicted octanol–water partition coefficient (Wildman–Crippen LogP) is 1.75. The summed E-state index contributed by atoms with van der Waals surface area (Å²) in [6.45, 7) is 1.81. The summed E-state index contributed by atoms with van der Waals surface area (Å²) in [4.78, 5) is 9.10. The van der Waals surface area contributed by atoms with E-state index in [2.05, 4.69) is 0 Å². The maximum atomic E-state index is 12.7. The number of benzene rings is 2. The Morgan fingerprint density at radius 1 is 1.09 bits per heavy atom. The van der Waals surface area contributed by atoms with E-state index in [1.807, 2.05) is 6.92 Å². The van der Waals surface area contributed by atoms with Gasteiger partial charge in [0.15, 0.2) is 0 Å². The van der Waals surface area contributed by atoms with Crippen LogP contribution in [-0.4, -0.2) is 24.4 Å². The zero-order valence-electron chi connectivity index (χ0n) is 12.1. The van der Waals surface area contributed by atoms with Crippen LogP contribution < -0.4 is 5.73 Å². The molecule has 2 aromatic carbocycles. The molecule has 0 saturated heterocycles. The number of aryl methyl sites for hydroxylation is 1. The Balaban J connectivity index is 2.50.